The first-order valence-electron chi connectivity index (χ1n) is 8.91. The van der Waals surface area contributed by atoms with E-state index in [1.807, 2.05) is 42.5 Å². The number of thiazole rings is 1. The van der Waals surface area contributed by atoms with Gasteiger partial charge in [0.25, 0.3) is 11.8 Å². The summed E-state index contributed by atoms with van der Waals surface area (Å²) in [5.74, 6) is -0.0636. The minimum Gasteiger partial charge on any atom is -0.483 e. The van der Waals surface area contributed by atoms with Crippen molar-refractivity contribution in [2.75, 3.05) is 17.2 Å². The number of amides is 2. The number of benzene rings is 3. The molecule has 2 amide bonds. The van der Waals surface area contributed by atoms with Crippen molar-refractivity contribution in [2.24, 2.45) is 0 Å². The Morgan fingerprint density at radius 1 is 0.931 bits per heavy atom. The third-order valence-corrected chi connectivity index (χ3v) is 4.90. The van der Waals surface area contributed by atoms with Gasteiger partial charge in [-0.15, -0.1) is 11.3 Å². The number of nitrogens with one attached hydrogen (secondary N) is 2. The molecule has 0 unspecified atom stereocenters. The van der Waals surface area contributed by atoms with Gasteiger partial charge in [-0.2, -0.15) is 0 Å². The number of rotatable bonds is 6. The highest BCUT2D eigenvalue weighted by atomic mass is 32.1. The molecule has 0 aliphatic carbocycles. The first kappa shape index (κ1) is 18.6. The molecule has 1 heterocycles. The van der Waals surface area contributed by atoms with Crippen molar-refractivity contribution < 1.29 is 14.3 Å². The summed E-state index contributed by atoms with van der Waals surface area (Å²) in [5, 5.41) is 9.70. The minimum atomic E-state index is -0.354. The third-order valence-electron chi connectivity index (χ3n) is 4.21. The second-order valence-corrected chi connectivity index (χ2v) is 7.05. The summed E-state index contributed by atoms with van der Waals surface area (Å²) in [7, 11) is 0. The van der Waals surface area contributed by atoms with E-state index in [2.05, 4.69) is 15.6 Å². The molecule has 29 heavy (non-hydrogen) atoms. The number of ether oxygens (including phenoxy) is 1. The number of hydrogen-bond donors (Lipinski definition) is 2. The predicted molar refractivity (Wildman–Crippen MR) is 115 cm³/mol. The summed E-state index contributed by atoms with van der Waals surface area (Å²) in [5.41, 5.74) is 0.759. The molecule has 7 heteroatoms. The quantitative estimate of drug-likeness (QED) is 0.494. The van der Waals surface area contributed by atoms with Crippen LogP contribution in [0.25, 0.3) is 10.8 Å². The summed E-state index contributed by atoms with van der Waals surface area (Å²) in [6, 6.07) is 20.3. The van der Waals surface area contributed by atoms with Crippen molar-refractivity contribution in [1.82, 2.24) is 4.98 Å². The predicted octanol–water partition coefficient (Wildman–Crippen LogP) is 4.57. The van der Waals surface area contributed by atoms with Crippen LogP contribution in [-0.2, 0) is 4.79 Å². The molecular formula is C22H17N3O3S. The lowest BCUT2D eigenvalue weighted by molar-refractivity contribution is -0.118. The van der Waals surface area contributed by atoms with Gasteiger partial charge in [0.15, 0.2) is 11.7 Å². The monoisotopic (exact) mass is 403 g/mol. The van der Waals surface area contributed by atoms with E-state index in [1.54, 1.807) is 35.8 Å². The molecule has 0 fully saturated rings. The van der Waals surface area contributed by atoms with Crippen molar-refractivity contribution in [3.63, 3.8) is 0 Å². The molecule has 0 aliphatic heterocycles. The van der Waals surface area contributed by atoms with Crippen LogP contribution in [0.4, 0.5) is 10.8 Å². The van der Waals surface area contributed by atoms with Crippen LogP contribution in [-0.4, -0.2) is 23.4 Å². The first-order chi connectivity index (χ1) is 14.2. The van der Waals surface area contributed by atoms with Gasteiger partial charge in [0.2, 0.25) is 0 Å². The van der Waals surface area contributed by atoms with Crippen molar-refractivity contribution in [2.45, 2.75) is 0 Å². The number of aromatic nitrogens is 1. The Labute approximate surface area is 171 Å². The molecule has 0 aliphatic rings. The van der Waals surface area contributed by atoms with Gasteiger partial charge in [0, 0.05) is 17.0 Å². The Bertz CT molecular complexity index is 1150. The zero-order chi connectivity index (χ0) is 20.1. The van der Waals surface area contributed by atoms with Crippen molar-refractivity contribution >= 4 is 44.7 Å². The van der Waals surface area contributed by atoms with Gasteiger partial charge < -0.3 is 10.1 Å². The van der Waals surface area contributed by atoms with Crippen LogP contribution in [0.2, 0.25) is 0 Å². The average molecular weight is 403 g/mol. The second-order valence-electron chi connectivity index (χ2n) is 6.15. The zero-order valence-corrected chi connectivity index (χ0v) is 16.1. The van der Waals surface area contributed by atoms with Crippen LogP contribution in [0, 0.1) is 0 Å². The molecule has 0 bridgehead atoms. The zero-order valence-electron chi connectivity index (χ0n) is 15.3. The summed E-state index contributed by atoms with van der Waals surface area (Å²) in [4.78, 5) is 29.0. The van der Waals surface area contributed by atoms with Crippen LogP contribution in [0.1, 0.15) is 10.4 Å². The van der Waals surface area contributed by atoms with Crippen LogP contribution in [0.3, 0.4) is 0 Å². The highest BCUT2D eigenvalue weighted by Crippen LogP contribution is 2.25. The summed E-state index contributed by atoms with van der Waals surface area (Å²) >= 11 is 1.32. The van der Waals surface area contributed by atoms with Crippen LogP contribution in [0.5, 0.6) is 5.75 Å². The molecule has 3 aromatic carbocycles. The van der Waals surface area contributed by atoms with Crippen LogP contribution < -0.4 is 15.4 Å². The highest BCUT2D eigenvalue weighted by Gasteiger charge is 2.14. The Hall–Kier alpha value is -3.71. The minimum absolute atomic E-state index is 0.170. The maximum Gasteiger partial charge on any atom is 0.262 e. The Morgan fingerprint density at radius 2 is 1.72 bits per heavy atom. The number of fused-ring (bicyclic) bond motifs is 1. The maximum absolute atomic E-state index is 12.5. The second kappa shape index (κ2) is 8.53. The van der Waals surface area contributed by atoms with Gasteiger partial charge >= 0.3 is 0 Å². The Balaban J connectivity index is 1.44. The fourth-order valence-electron chi connectivity index (χ4n) is 2.89. The lowest BCUT2D eigenvalue weighted by Crippen LogP contribution is -2.22. The average Bonchev–Trinajstić information content (AvgIpc) is 3.25. The normalized spacial score (nSPS) is 10.5. The van der Waals surface area contributed by atoms with E-state index in [1.165, 1.54) is 11.3 Å². The summed E-state index contributed by atoms with van der Waals surface area (Å²) < 4.78 is 5.72. The van der Waals surface area contributed by atoms with E-state index in [0.29, 0.717) is 22.1 Å². The Kier molecular flexibility index (Phi) is 5.49. The van der Waals surface area contributed by atoms with Gasteiger partial charge in [0.1, 0.15) is 5.75 Å². The molecule has 0 spiro atoms. The fourth-order valence-corrected chi connectivity index (χ4v) is 3.41. The van der Waals surface area contributed by atoms with Gasteiger partial charge in [-0.1, -0.05) is 48.5 Å². The SMILES string of the molecule is O=C(COc1cccc2ccccc12)Nc1ccccc1C(=O)Nc1nccs1. The van der Waals surface area contributed by atoms with E-state index in [-0.39, 0.29) is 18.4 Å². The van der Waals surface area contributed by atoms with Crippen molar-refractivity contribution in [1.29, 1.82) is 0 Å². The molecule has 6 nitrogen and oxygen atoms in total. The topological polar surface area (TPSA) is 80.3 Å². The molecule has 0 atom stereocenters. The van der Waals surface area contributed by atoms with Crippen LogP contribution in [0.15, 0.2) is 78.3 Å². The van der Waals surface area contributed by atoms with Crippen LogP contribution >= 0.6 is 11.3 Å². The first-order valence-corrected chi connectivity index (χ1v) is 9.79. The molecule has 144 valence electrons. The lowest BCUT2D eigenvalue weighted by atomic mass is 10.1. The van der Waals surface area contributed by atoms with Crippen molar-refractivity contribution in [3.05, 3.63) is 83.9 Å². The number of carbonyl (C=O) groups excluding carboxylic acids is 2. The summed E-state index contributed by atoms with van der Waals surface area (Å²) in [6.45, 7) is -0.170. The molecule has 4 aromatic rings. The molecule has 0 saturated carbocycles. The number of nitrogens with zero attached hydrogens (tertiary/aromatic N) is 1. The van der Waals surface area contributed by atoms with Gasteiger partial charge in [-0.05, 0) is 23.6 Å². The Morgan fingerprint density at radius 3 is 2.59 bits per heavy atom. The molecular weight excluding hydrogens is 386 g/mol. The standard InChI is InChI=1S/C22H17N3O3S/c26-20(14-28-19-11-5-7-15-6-1-2-8-16(15)19)24-18-10-4-3-9-17(18)21(27)25-22-23-12-13-29-22/h1-13H,14H2,(H,24,26)(H,23,25,27). The van der Waals surface area contributed by atoms with Gasteiger partial charge in [0.05, 0.1) is 11.3 Å². The van der Waals surface area contributed by atoms with E-state index in [4.69, 9.17) is 4.74 Å². The lowest BCUT2D eigenvalue weighted by Gasteiger charge is -2.12. The smallest absolute Gasteiger partial charge is 0.262 e. The van der Waals surface area contributed by atoms with Gasteiger partial charge in [-0.3, -0.25) is 14.9 Å². The fraction of sp³-hybridized carbons (Fsp3) is 0.0455. The molecule has 2 N–H and O–H groups in total. The number of para-hydroxylation sites is 1. The van der Waals surface area contributed by atoms with E-state index < -0.39 is 0 Å². The molecule has 0 radical (unpaired) electrons. The summed E-state index contributed by atoms with van der Waals surface area (Å²) in [6.07, 6.45) is 1.61. The number of anilines is 2. The van der Waals surface area contributed by atoms with E-state index in [0.717, 1.165) is 10.8 Å². The largest absolute Gasteiger partial charge is 0.483 e. The maximum atomic E-state index is 12.5. The number of carbonyl (C=O) groups is 2. The van der Waals surface area contributed by atoms with E-state index >= 15 is 0 Å². The highest BCUT2D eigenvalue weighted by molar-refractivity contribution is 7.13. The third kappa shape index (κ3) is 4.41. The molecule has 1 aromatic heterocycles. The molecule has 0 saturated heterocycles. The number of hydrogen-bond acceptors (Lipinski definition) is 5. The van der Waals surface area contributed by atoms with Gasteiger partial charge in [-0.25, -0.2) is 4.98 Å². The van der Waals surface area contributed by atoms with Crippen molar-refractivity contribution in [3.8, 4) is 5.75 Å². The van der Waals surface area contributed by atoms with E-state index in [9.17, 15) is 9.59 Å². The molecule has 4 rings (SSSR count).